The van der Waals surface area contributed by atoms with Crippen molar-refractivity contribution in [1.82, 2.24) is 4.90 Å². The van der Waals surface area contributed by atoms with Crippen LogP contribution in [-0.2, 0) is 6.42 Å². The van der Waals surface area contributed by atoms with Crippen molar-refractivity contribution in [2.45, 2.75) is 19.8 Å². The molecule has 4 rings (SSSR count). The van der Waals surface area contributed by atoms with Crippen molar-refractivity contribution in [3.8, 4) is 28.7 Å². The molecule has 0 bridgehead atoms. The maximum absolute atomic E-state index is 13.4. The highest BCUT2D eigenvalue weighted by molar-refractivity contribution is 5.99. The van der Waals surface area contributed by atoms with Crippen LogP contribution in [0.2, 0.25) is 0 Å². The van der Waals surface area contributed by atoms with E-state index < -0.39 is 0 Å². The lowest BCUT2D eigenvalue weighted by atomic mass is 10.1. The third-order valence-corrected chi connectivity index (χ3v) is 6.40. The fourth-order valence-electron chi connectivity index (χ4n) is 4.51. The number of fused-ring (bicyclic) bond motifs is 1. The second-order valence-corrected chi connectivity index (χ2v) is 8.55. The summed E-state index contributed by atoms with van der Waals surface area (Å²) in [5.74, 6) is 2.57. The van der Waals surface area contributed by atoms with Crippen molar-refractivity contribution in [3.05, 3.63) is 41.5 Å². The summed E-state index contributed by atoms with van der Waals surface area (Å²) < 4.78 is 22.8. The molecule has 1 saturated carbocycles. The minimum absolute atomic E-state index is 0. The van der Waals surface area contributed by atoms with Crippen molar-refractivity contribution < 1.29 is 23.7 Å². The molecule has 174 valence electrons. The first-order valence-electron chi connectivity index (χ1n) is 10.5. The molecule has 0 unspecified atom stereocenters. The highest BCUT2D eigenvalue weighted by Crippen LogP contribution is 2.58. The number of likely N-dealkylation sites (tertiary alicyclic amines) is 1. The third-order valence-electron chi connectivity index (χ3n) is 6.40. The number of carbonyl (C=O) groups excluding carboxylic acids is 1. The highest BCUT2D eigenvalue weighted by Gasteiger charge is 2.57. The van der Waals surface area contributed by atoms with Crippen LogP contribution in [0.3, 0.4) is 0 Å². The van der Waals surface area contributed by atoms with Crippen LogP contribution in [0.1, 0.15) is 29.3 Å². The quantitative estimate of drug-likeness (QED) is 0.640. The van der Waals surface area contributed by atoms with Gasteiger partial charge in [-0.2, -0.15) is 0 Å². The average Bonchev–Trinajstić information content (AvgIpc) is 3.29. The van der Waals surface area contributed by atoms with E-state index in [1.165, 1.54) is 27.8 Å². The molecule has 2 aromatic carbocycles. The van der Waals surface area contributed by atoms with E-state index in [-0.39, 0.29) is 23.7 Å². The summed E-state index contributed by atoms with van der Waals surface area (Å²) in [5, 5.41) is 0. The van der Waals surface area contributed by atoms with E-state index in [1.54, 1.807) is 6.07 Å². The molecule has 2 aliphatic rings. The summed E-state index contributed by atoms with van der Waals surface area (Å²) in [5.41, 5.74) is 7.41. The van der Waals surface area contributed by atoms with Gasteiger partial charge >= 0.3 is 0 Å². The Morgan fingerprint density at radius 3 is 2.28 bits per heavy atom. The van der Waals surface area contributed by atoms with E-state index in [2.05, 4.69) is 6.92 Å². The van der Waals surface area contributed by atoms with Gasteiger partial charge in [0.1, 0.15) is 5.75 Å². The number of nitrogens with two attached hydrogens (primary N) is 1. The predicted molar refractivity (Wildman–Crippen MR) is 125 cm³/mol. The number of halogens is 1. The van der Waals surface area contributed by atoms with Gasteiger partial charge in [-0.15, -0.1) is 12.4 Å². The Morgan fingerprint density at radius 2 is 1.75 bits per heavy atom. The number of piperidine rings is 1. The molecule has 1 saturated heterocycles. The Hall–Kier alpha value is -2.64. The van der Waals surface area contributed by atoms with Gasteiger partial charge in [0.05, 0.1) is 26.9 Å². The fourth-order valence-corrected chi connectivity index (χ4v) is 4.51. The molecule has 1 aliphatic carbocycles. The van der Waals surface area contributed by atoms with E-state index in [1.807, 2.05) is 29.2 Å². The second kappa shape index (κ2) is 9.46. The van der Waals surface area contributed by atoms with Gasteiger partial charge in [-0.3, -0.25) is 4.79 Å². The predicted octanol–water partition coefficient (Wildman–Crippen LogP) is 3.91. The maximum Gasteiger partial charge on any atom is 0.257 e. The van der Waals surface area contributed by atoms with Crippen LogP contribution in [-0.4, -0.2) is 51.8 Å². The molecule has 7 nitrogen and oxygen atoms in total. The lowest BCUT2D eigenvalue weighted by molar-refractivity contribution is 0.0762. The first-order valence-corrected chi connectivity index (χ1v) is 10.5. The van der Waals surface area contributed by atoms with Gasteiger partial charge in [-0.1, -0.05) is 19.1 Å². The Kier molecular flexibility index (Phi) is 7.10. The minimum atomic E-state index is -0.0885. The lowest BCUT2D eigenvalue weighted by Gasteiger charge is -2.23. The molecular weight excluding hydrogens is 432 g/mol. The van der Waals surface area contributed by atoms with Crippen LogP contribution in [0.4, 0.5) is 0 Å². The molecule has 1 heterocycles. The summed E-state index contributed by atoms with van der Waals surface area (Å²) in [6.45, 7) is 4.35. The Balaban J connectivity index is 0.00000289. The Morgan fingerprint density at radius 1 is 1.09 bits per heavy atom. The standard InChI is InChI=1S/C24H30N2O5.ClH/c1-24-12-16(24)13-26(14-24)23(27)18-11-19(21(29-3)22(30-4)20(18)28-2)31-17-7-5-15(6-8-17)9-10-25;/h5-8,11,16H,9-10,12-14,25H2,1-4H3;1H/t16-,24+;/m0./s1. The van der Waals surface area contributed by atoms with E-state index in [0.29, 0.717) is 46.8 Å². The first kappa shape index (κ1) is 24.0. The van der Waals surface area contributed by atoms with Crippen molar-refractivity contribution in [1.29, 1.82) is 0 Å². The number of rotatable bonds is 8. The number of carbonyl (C=O) groups is 1. The second-order valence-electron chi connectivity index (χ2n) is 8.55. The van der Waals surface area contributed by atoms with Gasteiger partial charge in [0, 0.05) is 19.2 Å². The van der Waals surface area contributed by atoms with E-state index in [0.717, 1.165) is 25.1 Å². The van der Waals surface area contributed by atoms with Crippen LogP contribution in [0.25, 0.3) is 0 Å². The lowest BCUT2D eigenvalue weighted by Crippen LogP contribution is -2.31. The molecule has 2 N–H and O–H groups in total. The highest BCUT2D eigenvalue weighted by atomic mass is 35.5. The zero-order valence-electron chi connectivity index (χ0n) is 19.0. The van der Waals surface area contributed by atoms with Crippen molar-refractivity contribution in [3.63, 3.8) is 0 Å². The third kappa shape index (κ3) is 4.32. The zero-order chi connectivity index (χ0) is 22.2. The average molecular weight is 463 g/mol. The van der Waals surface area contributed by atoms with Crippen LogP contribution in [0.15, 0.2) is 30.3 Å². The van der Waals surface area contributed by atoms with Crippen LogP contribution in [0.5, 0.6) is 28.7 Å². The first-order chi connectivity index (χ1) is 14.9. The number of benzene rings is 2. The van der Waals surface area contributed by atoms with Gasteiger partial charge < -0.3 is 29.6 Å². The van der Waals surface area contributed by atoms with Crippen LogP contribution >= 0.6 is 12.4 Å². The topological polar surface area (TPSA) is 83.3 Å². The van der Waals surface area contributed by atoms with Gasteiger partial charge in [0.25, 0.3) is 5.91 Å². The van der Waals surface area contributed by atoms with Gasteiger partial charge in [0.2, 0.25) is 11.5 Å². The molecule has 1 amide bonds. The van der Waals surface area contributed by atoms with E-state index >= 15 is 0 Å². The molecule has 8 heteroatoms. The van der Waals surface area contributed by atoms with E-state index in [4.69, 9.17) is 24.7 Å². The number of amides is 1. The van der Waals surface area contributed by atoms with E-state index in [9.17, 15) is 4.79 Å². The number of hydrogen-bond donors (Lipinski definition) is 1. The molecule has 0 radical (unpaired) electrons. The Bertz CT molecular complexity index is 981. The molecule has 2 atom stereocenters. The molecule has 0 aromatic heterocycles. The normalized spacial score (nSPS) is 20.8. The summed E-state index contributed by atoms with van der Waals surface area (Å²) in [4.78, 5) is 15.3. The van der Waals surface area contributed by atoms with Crippen molar-refractivity contribution in [2.75, 3.05) is 41.0 Å². The fraction of sp³-hybridized carbons (Fsp3) is 0.458. The molecule has 2 aromatic rings. The molecule has 2 fully saturated rings. The van der Waals surface area contributed by atoms with Crippen LogP contribution < -0.4 is 24.7 Å². The molecule has 1 aliphatic heterocycles. The summed E-state index contributed by atoms with van der Waals surface area (Å²) in [6, 6.07) is 9.37. The monoisotopic (exact) mass is 462 g/mol. The largest absolute Gasteiger partial charge is 0.492 e. The summed E-state index contributed by atoms with van der Waals surface area (Å²) >= 11 is 0. The molecule has 0 spiro atoms. The van der Waals surface area contributed by atoms with Crippen LogP contribution in [0, 0.1) is 11.3 Å². The van der Waals surface area contributed by atoms with Crippen molar-refractivity contribution >= 4 is 18.3 Å². The maximum atomic E-state index is 13.4. The number of nitrogens with zero attached hydrogens (tertiary/aromatic N) is 1. The number of methoxy groups -OCH3 is 3. The number of ether oxygens (including phenoxy) is 4. The van der Waals surface area contributed by atoms with Gasteiger partial charge in [-0.25, -0.2) is 0 Å². The zero-order valence-corrected chi connectivity index (χ0v) is 19.8. The number of hydrogen-bond acceptors (Lipinski definition) is 6. The summed E-state index contributed by atoms with van der Waals surface area (Å²) in [7, 11) is 4.57. The molecule has 32 heavy (non-hydrogen) atoms. The van der Waals surface area contributed by atoms with Crippen molar-refractivity contribution in [2.24, 2.45) is 17.1 Å². The smallest absolute Gasteiger partial charge is 0.257 e. The summed E-state index contributed by atoms with van der Waals surface area (Å²) in [6.07, 6.45) is 1.99. The molecular formula is C24H31ClN2O5. The minimum Gasteiger partial charge on any atom is -0.492 e. The van der Waals surface area contributed by atoms with Gasteiger partial charge in [0.15, 0.2) is 11.5 Å². The van der Waals surface area contributed by atoms with Gasteiger partial charge in [-0.05, 0) is 48.4 Å². The Labute approximate surface area is 195 Å². The SMILES string of the molecule is COc1c(Oc2ccc(CCN)cc2)cc(C(=O)N2C[C@@H]3C[C@]3(C)C2)c(OC)c1OC.Cl.